The van der Waals surface area contributed by atoms with Crippen LogP contribution in [0.1, 0.15) is 18.4 Å². The van der Waals surface area contributed by atoms with Crippen LogP contribution in [0, 0.1) is 11.8 Å². The second-order valence-electron chi connectivity index (χ2n) is 4.22. The highest BCUT2D eigenvalue weighted by molar-refractivity contribution is 5.73. The van der Waals surface area contributed by atoms with Crippen LogP contribution in [0.2, 0.25) is 0 Å². The zero-order valence-electron chi connectivity index (χ0n) is 8.52. The van der Waals surface area contributed by atoms with E-state index in [0.29, 0.717) is 5.92 Å². The van der Waals surface area contributed by atoms with Crippen molar-refractivity contribution in [1.82, 2.24) is 0 Å². The van der Waals surface area contributed by atoms with E-state index in [1.165, 1.54) is 5.56 Å². The first kappa shape index (κ1) is 10.0. The molecule has 1 aromatic rings. The van der Waals surface area contributed by atoms with E-state index in [2.05, 4.69) is 0 Å². The molecule has 3 heteroatoms. The zero-order chi connectivity index (χ0) is 10.8. The lowest BCUT2D eigenvalue weighted by molar-refractivity contribution is -0.138. The van der Waals surface area contributed by atoms with Gasteiger partial charge in [0.1, 0.15) is 0 Å². The van der Waals surface area contributed by atoms with Crippen molar-refractivity contribution in [2.24, 2.45) is 11.8 Å². The average molecular weight is 205 g/mol. The van der Waals surface area contributed by atoms with Crippen molar-refractivity contribution in [3.05, 3.63) is 29.8 Å². The maximum absolute atomic E-state index is 10.6. The Kier molecular flexibility index (Phi) is 2.62. The summed E-state index contributed by atoms with van der Waals surface area (Å²) in [5, 5.41) is 8.74. The first-order valence-corrected chi connectivity index (χ1v) is 5.24. The van der Waals surface area contributed by atoms with Crippen molar-refractivity contribution in [2.45, 2.75) is 19.3 Å². The third kappa shape index (κ3) is 2.49. The number of benzene rings is 1. The highest BCUT2D eigenvalue weighted by Crippen LogP contribution is 2.41. The molecule has 0 spiro atoms. The topological polar surface area (TPSA) is 63.3 Å². The molecule has 1 aliphatic carbocycles. The van der Waals surface area contributed by atoms with Crippen LogP contribution in [-0.4, -0.2) is 11.1 Å². The quantitative estimate of drug-likeness (QED) is 0.738. The molecule has 3 nitrogen and oxygen atoms in total. The molecule has 2 atom stereocenters. The fraction of sp³-hybridized carbons (Fsp3) is 0.417. The number of nitrogen functional groups attached to an aromatic ring is 1. The summed E-state index contributed by atoms with van der Waals surface area (Å²) < 4.78 is 0. The van der Waals surface area contributed by atoms with Gasteiger partial charge in [0.25, 0.3) is 0 Å². The predicted molar refractivity (Wildman–Crippen MR) is 58.4 cm³/mol. The summed E-state index contributed by atoms with van der Waals surface area (Å²) in [6.07, 6.45) is 2.78. The minimum absolute atomic E-state index is 0.0845. The van der Waals surface area contributed by atoms with Gasteiger partial charge in [0.2, 0.25) is 0 Å². The van der Waals surface area contributed by atoms with E-state index in [1.807, 2.05) is 24.3 Å². The highest BCUT2D eigenvalue weighted by atomic mass is 16.4. The van der Waals surface area contributed by atoms with E-state index in [-0.39, 0.29) is 5.92 Å². The number of carboxylic acids is 1. The normalized spacial score (nSPS) is 23.7. The van der Waals surface area contributed by atoms with Crippen LogP contribution >= 0.6 is 0 Å². The van der Waals surface area contributed by atoms with E-state index in [0.717, 1.165) is 24.9 Å². The number of aryl methyl sites for hydroxylation is 1. The molecule has 2 rings (SSSR count). The third-order valence-electron chi connectivity index (χ3n) is 3.02. The van der Waals surface area contributed by atoms with Crippen molar-refractivity contribution in [3.8, 4) is 0 Å². The van der Waals surface area contributed by atoms with Crippen molar-refractivity contribution < 1.29 is 9.90 Å². The number of rotatable bonds is 4. The molecule has 2 unspecified atom stereocenters. The molecule has 3 N–H and O–H groups in total. The molecule has 15 heavy (non-hydrogen) atoms. The summed E-state index contributed by atoms with van der Waals surface area (Å²) in [6.45, 7) is 0. The van der Waals surface area contributed by atoms with E-state index >= 15 is 0 Å². The number of aliphatic carboxylic acids is 1. The van der Waals surface area contributed by atoms with Gasteiger partial charge in [0.05, 0.1) is 5.92 Å². The first-order chi connectivity index (χ1) is 7.16. The van der Waals surface area contributed by atoms with Gasteiger partial charge in [0.15, 0.2) is 0 Å². The summed E-state index contributed by atoms with van der Waals surface area (Å²) in [5.41, 5.74) is 7.59. The molecular weight excluding hydrogens is 190 g/mol. The number of hydrogen-bond acceptors (Lipinski definition) is 2. The second kappa shape index (κ2) is 3.93. The number of anilines is 1. The lowest BCUT2D eigenvalue weighted by Gasteiger charge is -2.00. The summed E-state index contributed by atoms with van der Waals surface area (Å²) >= 11 is 0. The van der Waals surface area contributed by atoms with Crippen molar-refractivity contribution in [2.75, 3.05) is 5.73 Å². The maximum Gasteiger partial charge on any atom is 0.306 e. The molecule has 80 valence electrons. The molecule has 1 saturated carbocycles. The van der Waals surface area contributed by atoms with Crippen molar-refractivity contribution >= 4 is 11.7 Å². The van der Waals surface area contributed by atoms with E-state index in [4.69, 9.17) is 10.8 Å². The largest absolute Gasteiger partial charge is 0.481 e. The summed E-state index contributed by atoms with van der Waals surface area (Å²) in [6, 6.07) is 7.79. The van der Waals surface area contributed by atoms with Crippen LogP contribution in [0.25, 0.3) is 0 Å². The Balaban J connectivity index is 1.80. The van der Waals surface area contributed by atoms with E-state index < -0.39 is 5.97 Å². The maximum atomic E-state index is 10.6. The highest BCUT2D eigenvalue weighted by Gasteiger charge is 2.42. The lowest BCUT2D eigenvalue weighted by Crippen LogP contribution is -2.00. The number of carbonyl (C=O) groups is 1. The Morgan fingerprint density at radius 3 is 2.60 bits per heavy atom. The van der Waals surface area contributed by atoms with E-state index in [9.17, 15) is 4.79 Å². The van der Waals surface area contributed by atoms with Crippen LogP contribution in [-0.2, 0) is 11.2 Å². The summed E-state index contributed by atoms with van der Waals surface area (Å²) in [4.78, 5) is 10.6. The third-order valence-corrected chi connectivity index (χ3v) is 3.02. The molecule has 0 amide bonds. The molecule has 0 bridgehead atoms. The standard InChI is InChI=1S/C12H15NO2/c13-10-5-2-8(3-6-10)1-4-9-7-11(9)12(14)15/h2-3,5-6,9,11H,1,4,7,13H2,(H,14,15). The number of nitrogens with two attached hydrogens (primary N) is 1. The minimum Gasteiger partial charge on any atom is -0.481 e. The second-order valence-corrected chi connectivity index (χ2v) is 4.22. The summed E-state index contributed by atoms with van der Waals surface area (Å²) in [5.74, 6) is -0.337. The molecule has 0 heterocycles. The van der Waals surface area contributed by atoms with E-state index in [1.54, 1.807) is 0 Å². The van der Waals surface area contributed by atoms with Gasteiger partial charge in [-0.1, -0.05) is 12.1 Å². The summed E-state index contributed by atoms with van der Waals surface area (Å²) in [7, 11) is 0. The lowest BCUT2D eigenvalue weighted by atomic mass is 10.1. The first-order valence-electron chi connectivity index (χ1n) is 5.24. The molecular formula is C12H15NO2. The monoisotopic (exact) mass is 205 g/mol. The Labute approximate surface area is 88.9 Å². The molecule has 0 radical (unpaired) electrons. The smallest absolute Gasteiger partial charge is 0.306 e. The van der Waals surface area contributed by atoms with Gasteiger partial charge >= 0.3 is 5.97 Å². The minimum atomic E-state index is -0.641. The Bertz CT molecular complexity index is 358. The predicted octanol–water partition coefficient (Wildman–Crippen LogP) is 1.92. The van der Waals surface area contributed by atoms with Gasteiger partial charge in [-0.3, -0.25) is 4.79 Å². The van der Waals surface area contributed by atoms with Gasteiger partial charge in [-0.15, -0.1) is 0 Å². The Morgan fingerprint density at radius 1 is 1.40 bits per heavy atom. The van der Waals surface area contributed by atoms with Gasteiger partial charge in [-0.25, -0.2) is 0 Å². The van der Waals surface area contributed by atoms with Crippen LogP contribution in [0.15, 0.2) is 24.3 Å². The molecule has 0 aliphatic heterocycles. The van der Waals surface area contributed by atoms with Gasteiger partial charge < -0.3 is 10.8 Å². The SMILES string of the molecule is Nc1ccc(CCC2CC2C(=O)O)cc1. The molecule has 1 aliphatic rings. The van der Waals surface area contributed by atoms with Crippen LogP contribution in [0.3, 0.4) is 0 Å². The Morgan fingerprint density at radius 2 is 2.07 bits per heavy atom. The van der Waals surface area contributed by atoms with Crippen LogP contribution in [0.4, 0.5) is 5.69 Å². The number of carboxylic acid groups (broad SMARTS) is 1. The average Bonchev–Trinajstić information content (AvgIpc) is 2.96. The molecule has 1 fully saturated rings. The zero-order valence-corrected chi connectivity index (χ0v) is 8.52. The van der Waals surface area contributed by atoms with Gasteiger partial charge in [0, 0.05) is 5.69 Å². The molecule has 0 saturated heterocycles. The van der Waals surface area contributed by atoms with Crippen LogP contribution < -0.4 is 5.73 Å². The fourth-order valence-corrected chi connectivity index (χ4v) is 1.91. The molecule has 1 aromatic carbocycles. The van der Waals surface area contributed by atoms with Crippen molar-refractivity contribution in [1.29, 1.82) is 0 Å². The van der Waals surface area contributed by atoms with Crippen LogP contribution in [0.5, 0.6) is 0 Å². The van der Waals surface area contributed by atoms with Crippen molar-refractivity contribution in [3.63, 3.8) is 0 Å². The van der Waals surface area contributed by atoms with Gasteiger partial charge in [-0.05, 0) is 42.9 Å². The van der Waals surface area contributed by atoms with Gasteiger partial charge in [-0.2, -0.15) is 0 Å². The molecule has 0 aromatic heterocycles. The number of hydrogen-bond donors (Lipinski definition) is 2. The Hall–Kier alpha value is -1.51. The fourth-order valence-electron chi connectivity index (χ4n) is 1.91.